The molecule has 24 heavy (non-hydrogen) atoms. The molecule has 0 spiro atoms. The largest absolute Gasteiger partial charge is 0.381 e. The number of carbonyl (C=O) groups is 1. The highest BCUT2D eigenvalue weighted by Gasteiger charge is 2.29. The van der Waals surface area contributed by atoms with Crippen molar-refractivity contribution in [3.8, 4) is 0 Å². The number of benzene rings is 1. The molecule has 1 aromatic heterocycles. The van der Waals surface area contributed by atoms with Crippen LogP contribution < -0.4 is 0 Å². The summed E-state index contributed by atoms with van der Waals surface area (Å²) in [6, 6.07) is 5.84. The zero-order valence-electron chi connectivity index (χ0n) is 14.3. The fraction of sp³-hybridized carbons (Fsp3) is 0.579. The lowest BCUT2D eigenvalue weighted by Gasteiger charge is -2.37. The lowest BCUT2D eigenvalue weighted by atomic mass is 9.80. The Morgan fingerprint density at radius 1 is 1.12 bits per heavy atom. The van der Waals surface area contributed by atoms with E-state index < -0.39 is 0 Å². The molecule has 5 heteroatoms. The molecule has 2 aromatic rings. The molecule has 1 amide bonds. The maximum atomic E-state index is 12.8. The average Bonchev–Trinajstić information content (AvgIpc) is 3.02. The van der Waals surface area contributed by atoms with Crippen LogP contribution >= 0.6 is 0 Å². The summed E-state index contributed by atoms with van der Waals surface area (Å²) in [6.07, 6.45) is 6.42. The van der Waals surface area contributed by atoms with Crippen molar-refractivity contribution < 1.29 is 9.53 Å². The van der Waals surface area contributed by atoms with E-state index in [0.717, 1.165) is 67.6 Å². The molecular formula is C19H25N3O2. The van der Waals surface area contributed by atoms with Crippen LogP contribution in [0, 0.1) is 11.8 Å². The minimum atomic E-state index is 0.146. The van der Waals surface area contributed by atoms with Gasteiger partial charge < -0.3 is 14.2 Å². The van der Waals surface area contributed by atoms with E-state index in [-0.39, 0.29) is 5.91 Å². The van der Waals surface area contributed by atoms with Gasteiger partial charge in [0.1, 0.15) is 0 Å². The third kappa shape index (κ3) is 2.93. The number of imidazole rings is 1. The Labute approximate surface area is 142 Å². The fourth-order valence-electron chi connectivity index (χ4n) is 4.21. The van der Waals surface area contributed by atoms with Crippen molar-refractivity contribution in [2.45, 2.75) is 25.7 Å². The molecule has 4 rings (SSSR count). The number of ether oxygens (including phenoxy) is 1. The molecule has 0 radical (unpaired) electrons. The van der Waals surface area contributed by atoms with E-state index in [9.17, 15) is 4.79 Å². The predicted octanol–water partition coefficient (Wildman–Crippen LogP) is 2.85. The maximum absolute atomic E-state index is 12.8. The Hall–Kier alpha value is -1.88. The number of fused-ring (bicyclic) bond motifs is 1. The zero-order valence-corrected chi connectivity index (χ0v) is 14.3. The van der Waals surface area contributed by atoms with Gasteiger partial charge in [0.05, 0.1) is 17.4 Å². The number of rotatable bonds is 2. The molecular weight excluding hydrogens is 302 g/mol. The minimum absolute atomic E-state index is 0.146. The summed E-state index contributed by atoms with van der Waals surface area (Å²) in [6.45, 7) is 3.57. The summed E-state index contributed by atoms with van der Waals surface area (Å²) in [7, 11) is 1.97. The Kier molecular flexibility index (Phi) is 4.27. The van der Waals surface area contributed by atoms with Gasteiger partial charge in [0, 0.05) is 38.9 Å². The van der Waals surface area contributed by atoms with Crippen LogP contribution in [-0.2, 0) is 11.8 Å². The van der Waals surface area contributed by atoms with Crippen molar-refractivity contribution in [3.63, 3.8) is 0 Å². The highest BCUT2D eigenvalue weighted by molar-refractivity contribution is 5.97. The highest BCUT2D eigenvalue weighted by atomic mass is 16.5. The molecule has 128 valence electrons. The number of piperidine rings is 1. The fourth-order valence-corrected chi connectivity index (χ4v) is 4.21. The van der Waals surface area contributed by atoms with Gasteiger partial charge in [-0.15, -0.1) is 0 Å². The van der Waals surface area contributed by atoms with Crippen LogP contribution in [-0.4, -0.2) is 46.7 Å². The quantitative estimate of drug-likeness (QED) is 0.852. The maximum Gasteiger partial charge on any atom is 0.253 e. The molecule has 2 fully saturated rings. The lowest BCUT2D eigenvalue weighted by molar-refractivity contribution is 0.0288. The van der Waals surface area contributed by atoms with Gasteiger partial charge in [-0.1, -0.05) is 0 Å². The van der Waals surface area contributed by atoms with Gasteiger partial charge in [-0.3, -0.25) is 4.79 Å². The van der Waals surface area contributed by atoms with E-state index in [1.165, 1.54) is 12.8 Å². The standard InChI is InChI=1S/C19H25N3O2/c1-21-13-20-17-12-16(2-3-18(17)21)19(23)22-8-4-14(5-9-22)15-6-10-24-11-7-15/h2-3,12-15H,4-11H2,1H3. The van der Waals surface area contributed by atoms with E-state index in [1.54, 1.807) is 6.33 Å². The van der Waals surface area contributed by atoms with Crippen LogP contribution in [0.3, 0.4) is 0 Å². The Bertz CT molecular complexity index is 725. The van der Waals surface area contributed by atoms with Gasteiger partial charge >= 0.3 is 0 Å². The van der Waals surface area contributed by atoms with Crippen LogP contribution in [0.5, 0.6) is 0 Å². The Morgan fingerprint density at radius 2 is 1.83 bits per heavy atom. The first-order valence-electron chi connectivity index (χ1n) is 9.00. The lowest BCUT2D eigenvalue weighted by Crippen LogP contribution is -2.40. The molecule has 0 atom stereocenters. The van der Waals surface area contributed by atoms with E-state index in [4.69, 9.17) is 4.74 Å². The van der Waals surface area contributed by atoms with Crippen molar-refractivity contribution in [1.82, 2.24) is 14.5 Å². The molecule has 2 saturated heterocycles. The first kappa shape index (κ1) is 15.6. The number of likely N-dealkylation sites (tertiary alicyclic amines) is 1. The predicted molar refractivity (Wildman–Crippen MR) is 92.9 cm³/mol. The van der Waals surface area contributed by atoms with Crippen LogP contribution in [0.2, 0.25) is 0 Å². The minimum Gasteiger partial charge on any atom is -0.381 e. The van der Waals surface area contributed by atoms with Crippen LogP contribution in [0.15, 0.2) is 24.5 Å². The van der Waals surface area contributed by atoms with E-state index in [1.807, 2.05) is 34.7 Å². The normalized spacial score (nSPS) is 20.6. The van der Waals surface area contributed by atoms with Crippen molar-refractivity contribution in [1.29, 1.82) is 0 Å². The molecule has 1 aromatic carbocycles. The smallest absolute Gasteiger partial charge is 0.253 e. The number of amides is 1. The molecule has 0 aliphatic carbocycles. The molecule has 2 aliphatic rings. The van der Waals surface area contributed by atoms with Crippen LogP contribution in [0.1, 0.15) is 36.0 Å². The summed E-state index contributed by atoms with van der Waals surface area (Å²) in [4.78, 5) is 19.2. The van der Waals surface area contributed by atoms with E-state index in [2.05, 4.69) is 4.98 Å². The summed E-state index contributed by atoms with van der Waals surface area (Å²) < 4.78 is 7.45. The number of aromatic nitrogens is 2. The first-order valence-corrected chi connectivity index (χ1v) is 9.00. The van der Waals surface area contributed by atoms with Crippen molar-refractivity contribution in [2.75, 3.05) is 26.3 Å². The molecule has 0 N–H and O–H groups in total. The van der Waals surface area contributed by atoms with Gasteiger partial charge in [-0.2, -0.15) is 0 Å². The molecule has 3 heterocycles. The topological polar surface area (TPSA) is 47.4 Å². The van der Waals surface area contributed by atoms with Gasteiger partial charge in [-0.25, -0.2) is 4.98 Å². The monoisotopic (exact) mass is 327 g/mol. The second-order valence-corrected chi connectivity index (χ2v) is 7.14. The van der Waals surface area contributed by atoms with Crippen molar-refractivity contribution in [2.24, 2.45) is 18.9 Å². The second kappa shape index (κ2) is 6.55. The molecule has 0 unspecified atom stereocenters. The van der Waals surface area contributed by atoms with Crippen molar-refractivity contribution in [3.05, 3.63) is 30.1 Å². The first-order chi connectivity index (χ1) is 11.7. The van der Waals surface area contributed by atoms with Crippen LogP contribution in [0.4, 0.5) is 0 Å². The number of hydrogen-bond acceptors (Lipinski definition) is 3. The second-order valence-electron chi connectivity index (χ2n) is 7.14. The van der Waals surface area contributed by atoms with Gasteiger partial charge in [0.2, 0.25) is 0 Å². The molecule has 0 saturated carbocycles. The Morgan fingerprint density at radius 3 is 2.58 bits per heavy atom. The van der Waals surface area contributed by atoms with Crippen molar-refractivity contribution >= 4 is 16.9 Å². The van der Waals surface area contributed by atoms with Gasteiger partial charge in [-0.05, 0) is 55.7 Å². The SMILES string of the molecule is Cn1cnc2cc(C(=O)N3CCC(C4CCOCC4)CC3)ccc21. The highest BCUT2D eigenvalue weighted by Crippen LogP contribution is 2.32. The number of aryl methyl sites for hydroxylation is 1. The zero-order chi connectivity index (χ0) is 16.5. The summed E-state index contributed by atoms with van der Waals surface area (Å²) >= 11 is 0. The number of nitrogens with zero attached hydrogens (tertiary/aromatic N) is 3. The number of carbonyl (C=O) groups excluding carboxylic acids is 1. The Balaban J connectivity index is 1.41. The summed E-state index contributed by atoms with van der Waals surface area (Å²) in [5, 5.41) is 0. The van der Waals surface area contributed by atoms with E-state index >= 15 is 0 Å². The van der Waals surface area contributed by atoms with Gasteiger partial charge in [0.25, 0.3) is 5.91 Å². The van der Waals surface area contributed by atoms with Gasteiger partial charge in [0.15, 0.2) is 0 Å². The van der Waals surface area contributed by atoms with E-state index in [0.29, 0.717) is 0 Å². The van der Waals surface area contributed by atoms with Crippen LogP contribution in [0.25, 0.3) is 11.0 Å². The summed E-state index contributed by atoms with van der Waals surface area (Å²) in [5.41, 5.74) is 2.70. The summed E-state index contributed by atoms with van der Waals surface area (Å²) in [5.74, 6) is 1.70. The third-order valence-electron chi connectivity index (χ3n) is 5.73. The average molecular weight is 327 g/mol. The molecule has 5 nitrogen and oxygen atoms in total. The number of hydrogen-bond donors (Lipinski definition) is 0. The molecule has 0 bridgehead atoms. The molecule has 2 aliphatic heterocycles. The third-order valence-corrected chi connectivity index (χ3v) is 5.73.